The average Bonchev–Trinajstić information content (AvgIpc) is 3.02. The molecule has 3 nitrogen and oxygen atoms in total. The van der Waals surface area contributed by atoms with Crippen LogP contribution in [-0.4, -0.2) is 35.6 Å². The lowest BCUT2D eigenvalue weighted by atomic mass is 9.75. The molecule has 0 aromatic carbocycles. The van der Waals surface area contributed by atoms with Gasteiger partial charge in [-0.15, -0.1) is 0 Å². The molecular weight excluding hydrogens is 550 g/mol. The van der Waals surface area contributed by atoms with Crippen molar-refractivity contribution in [2.24, 2.45) is 5.92 Å². The van der Waals surface area contributed by atoms with Gasteiger partial charge in [0, 0.05) is 5.54 Å². The summed E-state index contributed by atoms with van der Waals surface area (Å²) in [6.45, 7) is 6.45. The normalized spacial score (nSPS) is 13.5. The van der Waals surface area contributed by atoms with Crippen LogP contribution < -0.4 is 0 Å². The molecule has 45 heavy (non-hydrogen) atoms. The number of carboxylic acids is 1. The van der Waals surface area contributed by atoms with E-state index in [1.54, 1.807) is 0 Å². The van der Waals surface area contributed by atoms with Gasteiger partial charge in [-0.05, 0) is 91.1 Å². The molecule has 0 aliphatic rings. The van der Waals surface area contributed by atoms with E-state index in [1.807, 2.05) is 6.92 Å². The highest BCUT2D eigenvalue weighted by Crippen LogP contribution is 2.35. The first-order valence-electron chi connectivity index (χ1n) is 19.4. The summed E-state index contributed by atoms with van der Waals surface area (Å²) in [4.78, 5) is 14.4. The molecule has 0 aliphatic carbocycles. The van der Waals surface area contributed by atoms with Crippen LogP contribution in [-0.2, 0) is 4.79 Å². The van der Waals surface area contributed by atoms with E-state index < -0.39 is 5.97 Å². The molecule has 0 fully saturated rings. The number of hydrogen-bond acceptors (Lipinski definition) is 2. The molecule has 0 heterocycles. The largest absolute Gasteiger partial charge is 0.481 e. The van der Waals surface area contributed by atoms with Crippen LogP contribution >= 0.6 is 0 Å². The Hall–Kier alpha value is -1.61. The average molecular weight is 628 g/mol. The second-order valence-corrected chi connectivity index (χ2v) is 13.7. The predicted octanol–water partition coefficient (Wildman–Crippen LogP) is 13.4. The van der Waals surface area contributed by atoms with Gasteiger partial charge in [-0.2, -0.15) is 0 Å². The fourth-order valence-electron chi connectivity index (χ4n) is 6.46. The van der Waals surface area contributed by atoms with E-state index in [-0.39, 0.29) is 11.5 Å². The summed E-state index contributed by atoms with van der Waals surface area (Å²) in [6, 6.07) is 0. The summed E-state index contributed by atoms with van der Waals surface area (Å²) in [7, 11) is 4.20. The smallest absolute Gasteiger partial charge is 0.308 e. The number of rotatable bonds is 33. The Morgan fingerprint density at radius 1 is 0.533 bits per heavy atom. The van der Waals surface area contributed by atoms with E-state index >= 15 is 0 Å². The summed E-state index contributed by atoms with van der Waals surface area (Å²) in [5.41, 5.74) is -0.240. The van der Waals surface area contributed by atoms with Gasteiger partial charge in [-0.25, -0.2) is 0 Å². The molecule has 0 rings (SSSR count). The van der Waals surface area contributed by atoms with Crippen LogP contribution in [0.1, 0.15) is 188 Å². The van der Waals surface area contributed by atoms with Crippen LogP contribution in [0.5, 0.6) is 0 Å². The minimum absolute atomic E-state index is 0.240. The Bertz CT molecular complexity index is 715. The first kappa shape index (κ1) is 43.4. The van der Waals surface area contributed by atoms with Crippen molar-refractivity contribution >= 4 is 5.97 Å². The van der Waals surface area contributed by atoms with Crippen molar-refractivity contribution in [1.29, 1.82) is 0 Å². The van der Waals surface area contributed by atoms with Crippen LogP contribution in [0, 0.1) is 5.92 Å². The van der Waals surface area contributed by atoms with Crippen molar-refractivity contribution in [2.75, 3.05) is 14.1 Å². The van der Waals surface area contributed by atoms with Gasteiger partial charge in [0.15, 0.2) is 0 Å². The highest BCUT2D eigenvalue weighted by Gasteiger charge is 2.41. The molecule has 0 radical (unpaired) electrons. The molecule has 0 saturated heterocycles. The van der Waals surface area contributed by atoms with Gasteiger partial charge >= 0.3 is 5.97 Å². The Labute approximate surface area is 282 Å². The van der Waals surface area contributed by atoms with E-state index in [9.17, 15) is 9.90 Å². The van der Waals surface area contributed by atoms with E-state index in [1.165, 1.54) is 128 Å². The number of nitrogens with zero attached hydrogens (tertiary/aromatic N) is 1. The van der Waals surface area contributed by atoms with Crippen molar-refractivity contribution in [1.82, 2.24) is 4.90 Å². The zero-order valence-corrected chi connectivity index (χ0v) is 30.9. The molecule has 0 amide bonds. The van der Waals surface area contributed by atoms with Gasteiger partial charge in [-0.1, -0.05) is 159 Å². The topological polar surface area (TPSA) is 40.5 Å². The number of carboxylic acid groups (broad SMARTS) is 1. The first-order valence-corrected chi connectivity index (χ1v) is 19.4. The molecule has 0 aromatic heterocycles. The maximum Gasteiger partial charge on any atom is 0.308 e. The van der Waals surface area contributed by atoms with Gasteiger partial charge < -0.3 is 10.0 Å². The van der Waals surface area contributed by atoms with Gasteiger partial charge in [0.2, 0.25) is 0 Å². The molecule has 0 aromatic rings. The molecule has 3 heteroatoms. The van der Waals surface area contributed by atoms with Gasteiger partial charge in [-0.3, -0.25) is 4.79 Å². The summed E-state index contributed by atoms with van der Waals surface area (Å²) in [5.74, 6) is -0.993. The van der Waals surface area contributed by atoms with E-state index in [0.29, 0.717) is 0 Å². The summed E-state index contributed by atoms with van der Waals surface area (Å²) in [6.07, 6.45) is 50.4. The minimum Gasteiger partial charge on any atom is -0.481 e. The van der Waals surface area contributed by atoms with E-state index in [0.717, 1.165) is 38.5 Å². The fraction of sp³-hybridized carbons (Fsp3) is 0.786. The molecule has 0 spiro atoms. The highest BCUT2D eigenvalue weighted by molar-refractivity contribution is 5.71. The molecule has 1 atom stereocenters. The molecular formula is C42H77NO2. The SMILES string of the molecule is CCCCC/C=C\C/C=C\CCCCCCCCC(CCCCCCCC/C=C\C/C=C\CCCCC)(C(C)C(=O)O)N(C)C. The van der Waals surface area contributed by atoms with Crippen molar-refractivity contribution < 1.29 is 9.90 Å². The van der Waals surface area contributed by atoms with Crippen LogP contribution in [0.25, 0.3) is 0 Å². The Morgan fingerprint density at radius 3 is 1.16 bits per heavy atom. The number of unbranched alkanes of at least 4 members (excludes halogenated alkanes) is 18. The Morgan fingerprint density at radius 2 is 0.844 bits per heavy atom. The fourth-order valence-corrected chi connectivity index (χ4v) is 6.46. The minimum atomic E-state index is -0.649. The first-order chi connectivity index (χ1) is 21.9. The van der Waals surface area contributed by atoms with Crippen molar-refractivity contribution in [3.05, 3.63) is 48.6 Å². The standard InChI is InChI=1S/C42H77NO2/c1-6-8-10-12-14-16-18-20-22-24-26-28-30-32-34-36-38-42(43(4)5,40(3)41(44)45)39-37-35-33-31-29-27-25-23-21-19-17-15-13-11-9-7-2/h14-17,20-23,40H,6-13,18-19,24-39H2,1-5H3,(H,44,45)/b16-14-,17-15-,22-20-,23-21-. The molecule has 0 aliphatic heterocycles. The molecule has 0 bridgehead atoms. The third-order valence-corrected chi connectivity index (χ3v) is 9.69. The quantitative estimate of drug-likeness (QED) is 0.0581. The summed E-state index contributed by atoms with van der Waals surface area (Å²) < 4.78 is 0. The molecule has 1 unspecified atom stereocenters. The molecule has 1 N–H and O–H groups in total. The lowest BCUT2D eigenvalue weighted by Crippen LogP contribution is -2.52. The number of carbonyl (C=O) groups is 1. The Balaban J connectivity index is 4.17. The van der Waals surface area contributed by atoms with Crippen LogP contribution in [0.3, 0.4) is 0 Å². The van der Waals surface area contributed by atoms with Crippen molar-refractivity contribution in [2.45, 2.75) is 193 Å². The van der Waals surface area contributed by atoms with Gasteiger partial charge in [0.25, 0.3) is 0 Å². The van der Waals surface area contributed by atoms with E-state index in [4.69, 9.17) is 0 Å². The lowest BCUT2D eigenvalue weighted by molar-refractivity contribution is -0.147. The van der Waals surface area contributed by atoms with Crippen LogP contribution in [0.4, 0.5) is 0 Å². The van der Waals surface area contributed by atoms with Crippen LogP contribution in [0.2, 0.25) is 0 Å². The Kier molecular flexibility index (Phi) is 31.2. The zero-order valence-electron chi connectivity index (χ0n) is 30.9. The predicted molar refractivity (Wildman–Crippen MR) is 201 cm³/mol. The maximum atomic E-state index is 12.1. The molecule has 0 saturated carbocycles. The number of aliphatic carboxylic acids is 1. The third-order valence-electron chi connectivity index (χ3n) is 9.69. The van der Waals surface area contributed by atoms with Crippen molar-refractivity contribution in [3.8, 4) is 0 Å². The van der Waals surface area contributed by atoms with Gasteiger partial charge in [0.05, 0.1) is 5.92 Å². The lowest BCUT2D eigenvalue weighted by Gasteiger charge is -2.43. The van der Waals surface area contributed by atoms with Crippen LogP contribution in [0.15, 0.2) is 48.6 Å². The maximum absolute atomic E-state index is 12.1. The molecule has 262 valence electrons. The zero-order chi connectivity index (χ0) is 33.3. The summed E-state index contributed by atoms with van der Waals surface area (Å²) >= 11 is 0. The van der Waals surface area contributed by atoms with Gasteiger partial charge in [0.1, 0.15) is 0 Å². The number of hydrogen-bond donors (Lipinski definition) is 1. The second-order valence-electron chi connectivity index (χ2n) is 13.7. The second kappa shape index (κ2) is 32.3. The number of allylic oxidation sites excluding steroid dienone is 8. The highest BCUT2D eigenvalue weighted by atomic mass is 16.4. The van der Waals surface area contributed by atoms with E-state index in [2.05, 4.69) is 81.5 Å². The monoisotopic (exact) mass is 628 g/mol. The third kappa shape index (κ3) is 25.2. The van der Waals surface area contributed by atoms with Crippen molar-refractivity contribution in [3.63, 3.8) is 0 Å². The summed E-state index contributed by atoms with van der Waals surface area (Å²) in [5, 5.41) is 9.99.